The number of carbonyl (C=O) groups excluding carboxylic acids is 2. The molecule has 2 amide bonds. The molecule has 6 nitrogen and oxygen atoms in total. The van der Waals surface area contributed by atoms with Crippen molar-refractivity contribution in [1.82, 2.24) is 19.7 Å². The van der Waals surface area contributed by atoms with Crippen LogP contribution < -0.4 is 0 Å². The van der Waals surface area contributed by atoms with Crippen molar-refractivity contribution in [3.05, 3.63) is 36.0 Å². The third kappa shape index (κ3) is 3.73. The van der Waals surface area contributed by atoms with Crippen molar-refractivity contribution < 1.29 is 9.59 Å². The first-order valence-electron chi connectivity index (χ1n) is 11.6. The van der Waals surface area contributed by atoms with Crippen LogP contribution >= 0.6 is 0 Å². The quantitative estimate of drug-likeness (QED) is 0.849. The SMILES string of the molecule is O=C(c1c[nH]c2ccccc12)N1CCC(N2CCC(C(=O)N3CCCC3)CC2)CC1. The number of nitrogens with zero attached hydrogens (tertiary/aromatic N) is 3. The topological polar surface area (TPSA) is 59.7 Å². The van der Waals surface area contributed by atoms with Crippen LogP contribution in [0, 0.1) is 5.92 Å². The van der Waals surface area contributed by atoms with Crippen LogP contribution in [-0.4, -0.2) is 76.8 Å². The maximum absolute atomic E-state index is 13.1. The lowest BCUT2D eigenvalue weighted by Crippen LogP contribution is -2.50. The van der Waals surface area contributed by atoms with E-state index in [-0.39, 0.29) is 11.8 Å². The summed E-state index contributed by atoms with van der Waals surface area (Å²) in [4.78, 5) is 35.6. The molecule has 6 heteroatoms. The highest BCUT2D eigenvalue weighted by molar-refractivity contribution is 6.06. The lowest BCUT2D eigenvalue weighted by molar-refractivity contribution is -0.136. The lowest BCUT2D eigenvalue weighted by atomic mass is 9.92. The molecular weight excluding hydrogens is 376 g/mol. The number of piperidine rings is 2. The Morgan fingerprint density at radius 3 is 2.27 bits per heavy atom. The zero-order chi connectivity index (χ0) is 20.5. The van der Waals surface area contributed by atoms with E-state index in [1.165, 1.54) is 12.8 Å². The first-order valence-corrected chi connectivity index (χ1v) is 11.6. The first kappa shape index (κ1) is 19.6. The predicted octanol–water partition coefficient (Wildman–Crippen LogP) is 3.11. The van der Waals surface area contributed by atoms with E-state index in [0.717, 1.165) is 81.4 Å². The van der Waals surface area contributed by atoms with E-state index >= 15 is 0 Å². The minimum absolute atomic E-state index is 0.140. The van der Waals surface area contributed by atoms with Gasteiger partial charge in [-0.25, -0.2) is 0 Å². The second-order valence-electron chi connectivity index (χ2n) is 9.11. The first-order chi connectivity index (χ1) is 14.7. The Morgan fingerprint density at radius 1 is 0.833 bits per heavy atom. The summed E-state index contributed by atoms with van der Waals surface area (Å²) in [7, 11) is 0. The van der Waals surface area contributed by atoms with E-state index < -0.39 is 0 Å². The van der Waals surface area contributed by atoms with Crippen LogP contribution in [0.4, 0.5) is 0 Å². The van der Waals surface area contributed by atoms with Gasteiger partial charge in [0.05, 0.1) is 5.56 Å². The zero-order valence-electron chi connectivity index (χ0n) is 17.7. The van der Waals surface area contributed by atoms with Crippen molar-refractivity contribution in [3.63, 3.8) is 0 Å². The van der Waals surface area contributed by atoms with Crippen LogP contribution in [0.1, 0.15) is 48.9 Å². The van der Waals surface area contributed by atoms with Gasteiger partial charge in [-0.1, -0.05) is 18.2 Å². The summed E-state index contributed by atoms with van der Waals surface area (Å²) in [6.45, 7) is 5.59. The normalized spacial score (nSPS) is 22.1. The average Bonchev–Trinajstić information content (AvgIpc) is 3.49. The van der Waals surface area contributed by atoms with Gasteiger partial charge >= 0.3 is 0 Å². The standard InChI is InChI=1S/C24H32N4O2/c29-23(27-11-3-4-12-27)18-7-13-26(14-8-18)19-9-15-28(16-10-19)24(30)21-17-25-22-6-2-1-5-20(21)22/h1-2,5-6,17-19,25H,3-4,7-16H2. The molecule has 160 valence electrons. The largest absolute Gasteiger partial charge is 0.360 e. The van der Waals surface area contributed by atoms with Crippen molar-refractivity contribution in [2.45, 2.75) is 44.6 Å². The Kier molecular flexibility index (Phi) is 5.50. The Balaban J connectivity index is 1.13. The molecule has 3 saturated heterocycles. The number of nitrogens with one attached hydrogen (secondary N) is 1. The molecule has 0 saturated carbocycles. The molecule has 1 aromatic heterocycles. The number of H-pyrrole nitrogens is 1. The van der Waals surface area contributed by atoms with Gasteiger partial charge in [0.15, 0.2) is 0 Å². The number of hydrogen-bond donors (Lipinski definition) is 1. The fourth-order valence-corrected chi connectivity index (χ4v) is 5.56. The summed E-state index contributed by atoms with van der Waals surface area (Å²) in [5.74, 6) is 0.759. The number of para-hydroxylation sites is 1. The van der Waals surface area contributed by atoms with Crippen molar-refractivity contribution in [1.29, 1.82) is 0 Å². The number of benzene rings is 1. The summed E-state index contributed by atoms with van der Waals surface area (Å²) >= 11 is 0. The van der Waals surface area contributed by atoms with Crippen molar-refractivity contribution in [2.24, 2.45) is 5.92 Å². The maximum Gasteiger partial charge on any atom is 0.256 e. The Labute approximate surface area is 178 Å². The average molecular weight is 409 g/mol. The van der Waals surface area contributed by atoms with E-state index in [4.69, 9.17) is 0 Å². The third-order valence-corrected chi connectivity index (χ3v) is 7.38. The minimum Gasteiger partial charge on any atom is -0.360 e. The Morgan fingerprint density at radius 2 is 1.53 bits per heavy atom. The molecule has 1 aromatic carbocycles. The number of hydrogen-bond acceptors (Lipinski definition) is 3. The van der Waals surface area contributed by atoms with E-state index in [1.807, 2.05) is 35.4 Å². The molecule has 0 bridgehead atoms. The smallest absolute Gasteiger partial charge is 0.256 e. The molecule has 4 heterocycles. The van der Waals surface area contributed by atoms with Crippen LogP contribution in [0.25, 0.3) is 10.9 Å². The Hall–Kier alpha value is -2.34. The second-order valence-corrected chi connectivity index (χ2v) is 9.11. The van der Waals surface area contributed by atoms with Gasteiger partial charge in [-0.05, 0) is 57.7 Å². The van der Waals surface area contributed by atoms with Crippen LogP contribution in [0.3, 0.4) is 0 Å². The van der Waals surface area contributed by atoms with Crippen LogP contribution in [0.15, 0.2) is 30.5 Å². The van der Waals surface area contributed by atoms with Crippen molar-refractivity contribution in [2.75, 3.05) is 39.3 Å². The highest BCUT2D eigenvalue weighted by Gasteiger charge is 2.34. The minimum atomic E-state index is 0.140. The number of likely N-dealkylation sites (tertiary alicyclic amines) is 3. The highest BCUT2D eigenvalue weighted by Crippen LogP contribution is 2.27. The monoisotopic (exact) mass is 408 g/mol. The van der Waals surface area contributed by atoms with Gasteiger partial charge in [-0.2, -0.15) is 0 Å². The molecule has 0 unspecified atom stereocenters. The van der Waals surface area contributed by atoms with Crippen LogP contribution in [0.2, 0.25) is 0 Å². The van der Waals surface area contributed by atoms with Gasteiger partial charge in [0, 0.05) is 55.2 Å². The molecule has 0 radical (unpaired) electrons. The molecular formula is C24H32N4O2. The highest BCUT2D eigenvalue weighted by atomic mass is 16.2. The lowest BCUT2D eigenvalue weighted by Gasteiger charge is -2.42. The van der Waals surface area contributed by atoms with Crippen molar-refractivity contribution in [3.8, 4) is 0 Å². The van der Waals surface area contributed by atoms with Crippen LogP contribution in [-0.2, 0) is 4.79 Å². The number of amides is 2. The van der Waals surface area contributed by atoms with Crippen molar-refractivity contribution >= 4 is 22.7 Å². The molecule has 0 spiro atoms. The summed E-state index contributed by atoms with van der Waals surface area (Å²) < 4.78 is 0. The zero-order valence-corrected chi connectivity index (χ0v) is 17.7. The van der Waals surface area contributed by atoms with Gasteiger partial charge in [-0.15, -0.1) is 0 Å². The van der Waals surface area contributed by atoms with Gasteiger partial charge < -0.3 is 19.7 Å². The van der Waals surface area contributed by atoms with Gasteiger partial charge in [-0.3, -0.25) is 9.59 Å². The summed E-state index contributed by atoms with van der Waals surface area (Å²) in [5.41, 5.74) is 1.80. The number of carbonyl (C=O) groups is 2. The van der Waals surface area contributed by atoms with Gasteiger partial charge in [0.25, 0.3) is 5.91 Å². The summed E-state index contributed by atoms with van der Waals surface area (Å²) in [5, 5.41) is 1.01. The molecule has 3 aliphatic heterocycles. The van der Waals surface area contributed by atoms with E-state index in [1.54, 1.807) is 0 Å². The molecule has 3 fully saturated rings. The molecule has 2 aromatic rings. The third-order valence-electron chi connectivity index (χ3n) is 7.38. The summed E-state index contributed by atoms with van der Waals surface area (Å²) in [6, 6.07) is 8.54. The number of aromatic amines is 1. The number of fused-ring (bicyclic) bond motifs is 1. The molecule has 1 N–H and O–H groups in total. The van der Waals surface area contributed by atoms with Gasteiger partial charge in [0.1, 0.15) is 0 Å². The number of rotatable bonds is 3. The van der Waals surface area contributed by atoms with E-state index in [0.29, 0.717) is 11.9 Å². The van der Waals surface area contributed by atoms with Gasteiger partial charge in [0.2, 0.25) is 5.91 Å². The van der Waals surface area contributed by atoms with E-state index in [2.05, 4.69) is 14.8 Å². The predicted molar refractivity (Wildman–Crippen MR) is 117 cm³/mol. The maximum atomic E-state index is 13.1. The molecule has 30 heavy (non-hydrogen) atoms. The molecule has 5 rings (SSSR count). The number of aromatic nitrogens is 1. The van der Waals surface area contributed by atoms with E-state index in [9.17, 15) is 9.59 Å². The fraction of sp³-hybridized carbons (Fsp3) is 0.583. The second kappa shape index (κ2) is 8.42. The molecule has 3 aliphatic rings. The molecule has 0 aliphatic carbocycles. The fourth-order valence-electron chi connectivity index (χ4n) is 5.56. The van der Waals surface area contributed by atoms with Crippen LogP contribution in [0.5, 0.6) is 0 Å². The summed E-state index contributed by atoms with van der Waals surface area (Å²) in [6.07, 6.45) is 8.22. The molecule has 0 atom stereocenters. The Bertz CT molecular complexity index is 901.